The molecule has 2 aromatic carbocycles. The summed E-state index contributed by atoms with van der Waals surface area (Å²) in [6, 6.07) is 12.5. The summed E-state index contributed by atoms with van der Waals surface area (Å²) < 4.78 is 6.39. The summed E-state index contributed by atoms with van der Waals surface area (Å²) in [5.41, 5.74) is 2.74. The normalized spacial score (nSPS) is 10.9. The second-order valence-electron chi connectivity index (χ2n) is 5.17. The zero-order valence-electron chi connectivity index (χ0n) is 12.5. The summed E-state index contributed by atoms with van der Waals surface area (Å²) in [6.45, 7) is 1.92. The van der Waals surface area contributed by atoms with Gasteiger partial charge in [-0.3, -0.25) is 9.36 Å². The monoisotopic (exact) mass is 330 g/mol. The van der Waals surface area contributed by atoms with Crippen LogP contribution in [0.15, 0.2) is 51.7 Å². The van der Waals surface area contributed by atoms with E-state index in [1.54, 1.807) is 18.2 Å². The Hall–Kier alpha value is -2.53. The highest BCUT2D eigenvalue weighted by Crippen LogP contribution is 2.18. The Kier molecular flexibility index (Phi) is 4.21. The van der Waals surface area contributed by atoms with Crippen molar-refractivity contribution >= 4 is 34.3 Å². The lowest BCUT2D eigenvalue weighted by Crippen LogP contribution is -2.24. The smallest absolute Gasteiger partial charge is 0.408 e. The second-order valence-corrected chi connectivity index (χ2v) is 5.60. The average molecular weight is 331 g/mol. The van der Waals surface area contributed by atoms with Crippen molar-refractivity contribution < 1.29 is 9.21 Å². The van der Waals surface area contributed by atoms with Gasteiger partial charge < -0.3 is 9.73 Å². The molecule has 1 amide bonds. The van der Waals surface area contributed by atoms with Crippen molar-refractivity contribution in [1.29, 1.82) is 0 Å². The number of aryl methyl sites for hydroxylation is 1. The van der Waals surface area contributed by atoms with Gasteiger partial charge in [0.2, 0.25) is 5.91 Å². The molecule has 5 nitrogen and oxygen atoms in total. The number of nitrogens with one attached hydrogen (secondary N) is 1. The van der Waals surface area contributed by atoms with Crippen molar-refractivity contribution in [2.45, 2.75) is 19.9 Å². The number of hydrogen-bond acceptors (Lipinski definition) is 3. The molecular formula is C17H15ClN2O3. The molecule has 1 aromatic heterocycles. The van der Waals surface area contributed by atoms with Gasteiger partial charge in [-0.2, -0.15) is 0 Å². The molecule has 0 saturated heterocycles. The zero-order valence-corrected chi connectivity index (χ0v) is 13.3. The summed E-state index contributed by atoms with van der Waals surface area (Å²) in [7, 11) is 0. The van der Waals surface area contributed by atoms with E-state index in [9.17, 15) is 9.59 Å². The predicted octanol–water partition coefficient (Wildman–Crippen LogP) is 3.45. The van der Waals surface area contributed by atoms with E-state index in [1.165, 1.54) is 4.57 Å². The summed E-state index contributed by atoms with van der Waals surface area (Å²) in [5, 5.41) is 3.26. The quantitative estimate of drug-likeness (QED) is 0.797. The van der Waals surface area contributed by atoms with Crippen molar-refractivity contribution in [2.24, 2.45) is 0 Å². The molecule has 0 saturated carbocycles. The number of fused-ring (bicyclic) bond motifs is 1. The highest BCUT2D eigenvalue weighted by molar-refractivity contribution is 6.31. The zero-order chi connectivity index (χ0) is 16.4. The van der Waals surface area contributed by atoms with Gasteiger partial charge in [0.25, 0.3) is 0 Å². The van der Waals surface area contributed by atoms with Crippen LogP contribution in [0.3, 0.4) is 0 Å². The molecule has 0 atom stereocenters. The first kappa shape index (κ1) is 15.4. The molecule has 0 radical (unpaired) electrons. The number of oxazole rings is 1. The van der Waals surface area contributed by atoms with E-state index in [0.717, 1.165) is 12.0 Å². The van der Waals surface area contributed by atoms with Crippen LogP contribution in [0.2, 0.25) is 5.02 Å². The molecule has 0 aliphatic carbocycles. The molecule has 6 heteroatoms. The van der Waals surface area contributed by atoms with Crippen molar-refractivity contribution in [2.75, 3.05) is 5.32 Å². The molecule has 3 rings (SSSR count). The molecule has 0 aliphatic heterocycles. The number of benzene rings is 2. The first-order valence-electron chi connectivity index (χ1n) is 7.24. The standard InChI is InChI=1S/C17H15ClN2O3/c1-2-11-4-3-5-13(8-11)19-16(21)10-20-14-7-6-12(18)9-15(14)23-17(20)22/h3-9H,2,10H2,1H3,(H,19,21). The highest BCUT2D eigenvalue weighted by Gasteiger charge is 2.13. The molecule has 0 spiro atoms. The van der Waals surface area contributed by atoms with E-state index in [0.29, 0.717) is 21.8 Å². The molecule has 0 fully saturated rings. The maximum Gasteiger partial charge on any atom is 0.420 e. The van der Waals surface area contributed by atoms with Crippen LogP contribution >= 0.6 is 11.6 Å². The largest absolute Gasteiger partial charge is 0.420 e. The number of carbonyl (C=O) groups excluding carboxylic acids is 1. The number of carbonyl (C=O) groups is 1. The maximum atomic E-state index is 12.2. The predicted molar refractivity (Wildman–Crippen MR) is 89.9 cm³/mol. The molecule has 23 heavy (non-hydrogen) atoms. The van der Waals surface area contributed by atoms with Crippen molar-refractivity contribution in [3.05, 3.63) is 63.6 Å². The summed E-state index contributed by atoms with van der Waals surface area (Å²) in [4.78, 5) is 24.1. The Balaban J connectivity index is 1.83. The maximum absolute atomic E-state index is 12.2. The van der Waals surface area contributed by atoms with Crippen LogP contribution in [0.25, 0.3) is 11.1 Å². The second kappa shape index (κ2) is 6.30. The minimum absolute atomic E-state index is 0.121. The van der Waals surface area contributed by atoms with Crippen LogP contribution in [0.4, 0.5) is 5.69 Å². The van der Waals surface area contributed by atoms with Crippen LogP contribution in [0, 0.1) is 0 Å². The number of anilines is 1. The fourth-order valence-electron chi connectivity index (χ4n) is 2.40. The molecule has 3 aromatic rings. The molecule has 1 heterocycles. The number of hydrogen-bond donors (Lipinski definition) is 1. The van der Waals surface area contributed by atoms with Crippen LogP contribution in [0.1, 0.15) is 12.5 Å². The lowest BCUT2D eigenvalue weighted by atomic mass is 10.1. The van der Waals surface area contributed by atoms with Gasteiger partial charge in [0.15, 0.2) is 5.58 Å². The number of halogens is 1. The Morgan fingerprint density at radius 2 is 2.09 bits per heavy atom. The first-order chi connectivity index (χ1) is 11.1. The van der Waals surface area contributed by atoms with Gasteiger partial charge in [-0.25, -0.2) is 4.79 Å². The van der Waals surface area contributed by atoms with E-state index < -0.39 is 5.76 Å². The molecule has 0 unspecified atom stereocenters. The van der Waals surface area contributed by atoms with E-state index in [1.807, 2.05) is 31.2 Å². The van der Waals surface area contributed by atoms with Gasteiger partial charge in [-0.05, 0) is 36.2 Å². The summed E-state index contributed by atoms with van der Waals surface area (Å²) in [6.07, 6.45) is 0.885. The molecule has 0 bridgehead atoms. The van der Waals surface area contributed by atoms with Crippen molar-refractivity contribution in [3.8, 4) is 0 Å². The molecule has 118 valence electrons. The van der Waals surface area contributed by atoms with E-state index in [2.05, 4.69) is 5.32 Å². The summed E-state index contributed by atoms with van der Waals surface area (Å²) in [5.74, 6) is -0.877. The Labute approximate surface area is 137 Å². The van der Waals surface area contributed by atoms with Gasteiger partial charge in [-0.1, -0.05) is 30.7 Å². The average Bonchev–Trinajstić information content (AvgIpc) is 2.82. The number of amides is 1. The molecule has 0 aliphatic rings. The van der Waals surface area contributed by atoms with Gasteiger partial charge in [0, 0.05) is 16.8 Å². The lowest BCUT2D eigenvalue weighted by Gasteiger charge is -2.07. The third-order valence-electron chi connectivity index (χ3n) is 3.55. The summed E-state index contributed by atoms with van der Waals surface area (Å²) >= 11 is 5.87. The third kappa shape index (κ3) is 3.29. The topological polar surface area (TPSA) is 64.2 Å². The lowest BCUT2D eigenvalue weighted by molar-refractivity contribution is -0.116. The third-order valence-corrected chi connectivity index (χ3v) is 3.79. The van der Waals surface area contributed by atoms with Gasteiger partial charge in [-0.15, -0.1) is 0 Å². The van der Waals surface area contributed by atoms with Crippen LogP contribution < -0.4 is 11.1 Å². The minimum atomic E-state index is -0.584. The number of aromatic nitrogens is 1. The molecule has 1 N–H and O–H groups in total. The Morgan fingerprint density at radius 3 is 2.87 bits per heavy atom. The van der Waals surface area contributed by atoms with Gasteiger partial charge in [0.05, 0.1) is 5.52 Å². The Bertz CT molecular complexity index is 927. The number of rotatable bonds is 4. The van der Waals surface area contributed by atoms with Crippen molar-refractivity contribution in [3.63, 3.8) is 0 Å². The van der Waals surface area contributed by atoms with Gasteiger partial charge >= 0.3 is 5.76 Å². The van der Waals surface area contributed by atoms with Crippen LogP contribution in [-0.2, 0) is 17.8 Å². The first-order valence-corrected chi connectivity index (χ1v) is 7.62. The SMILES string of the molecule is CCc1cccc(NC(=O)Cn2c(=O)oc3cc(Cl)ccc32)c1. The van der Waals surface area contributed by atoms with E-state index >= 15 is 0 Å². The van der Waals surface area contributed by atoms with E-state index in [-0.39, 0.29) is 12.5 Å². The van der Waals surface area contributed by atoms with Crippen LogP contribution in [-0.4, -0.2) is 10.5 Å². The van der Waals surface area contributed by atoms with Crippen LogP contribution in [0.5, 0.6) is 0 Å². The van der Waals surface area contributed by atoms with Gasteiger partial charge in [0.1, 0.15) is 6.54 Å². The van der Waals surface area contributed by atoms with E-state index in [4.69, 9.17) is 16.0 Å². The fourth-order valence-corrected chi connectivity index (χ4v) is 2.57. The fraction of sp³-hybridized carbons (Fsp3) is 0.176. The highest BCUT2D eigenvalue weighted by atomic mass is 35.5. The molecular weight excluding hydrogens is 316 g/mol. The Morgan fingerprint density at radius 1 is 1.26 bits per heavy atom. The number of nitrogens with zero attached hydrogens (tertiary/aromatic N) is 1. The van der Waals surface area contributed by atoms with Crippen molar-refractivity contribution in [1.82, 2.24) is 4.57 Å². The minimum Gasteiger partial charge on any atom is -0.408 e.